The number of nitrogens with zero attached hydrogens (tertiary/aromatic N) is 3. The lowest BCUT2D eigenvalue weighted by atomic mass is 9.98. The van der Waals surface area contributed by atoms with E-state index in [9.17, 15) is 14.0 Å². The number of rotatable bonds is 8. The van der Waals surface area contributed by atoms with Crippen molar-refractivity contribution in [3.63, 3.8) is 0 Å². The van der Waals surface area contributed by atoms with E-state index >= 15 is 0 Å². The molecule has 31 heavy (non-hydrogen) atoms. The zero-order valence-corrected chi connectivity index (χ0v) is 18.5. The second-order valence-electron chi connectivity index (χ2n) is 7.89. The molecule has 0 spiro atoms. The Labute approximate surface area is 185 Å². The molecule has 162 valence electrons. The van der Waals surface area contributed by atoms with Crippen molar-refractivity contribution in [3.05, 3.63) is 82.6 Å². The minimum absolute atomic E-state index is 0.163. The van der Waals surface area contributed by atoms with E-state index in [-0.39, 0.29) is 18.1 Å². The lowest BCUT2D eigenvalue weighted by Gasteiger charge is -2.34. The summed E-state index contributed by atoms with van der Waals surface area (Å²) in [5.41, 5.74) is 1.06. The first-order chi connectivity index (χ1) is 14.8. The lowest BCUT2D eigenvalue weighted by Crippen LogP contribution is -2.50. The number of halogens is 1. The normalized spacial score (nSPS) is 12.3. The summed E-state index contributed by atoms with van der Waals surface area (Å²) in [6.45, 7) is 5.99. The van der Waals surface area contributed by atoms with Gasteiger partial charge in [0.1, 0.15) is 11.9 Å². The zero-order chi connectivity index (χ0) is 22.4. The Bertz CT molecular complexity index is 1010. The molecule has 6 nitrogen and oxygen atoms in total. The molecule has 0 saturated heterocycles. The maximum absolute atomic E-state index is 13.6. The third-order valence-electron chi connectivity index (χ3n) is 5.13. The Morgan fingerprint density at radius 3 is 2.39 bits per heavy atom. The molecule has 0 radical (unpaired) electrons. The average Bonchev–Trinajstić information content (AvgIpc) is 3.29. The molecule has 1 aromatic heterocycles. The summed E-state index contributed by atoms with van der Waals surface area (Å²) in [6, 6.07) is 14.1. The second-order valence-corrected chi connectivity index (χ2v) is 8.50. The topological polar surface area (TPSA) is 75.2 Å². The van der Waals surface area contributed by atoms with Crippen LogP contribution in [0.25, 0.3) is 0 Å². The highest BCUT2D eigenvalue weighted by Crippen LogP contribution is 2.27. The quantitative estimate of drug-likeness (QED) is 0.565. The zero-order valence-electron chi connectivity index (χ0n) is 17.7. The monoisotopic (exact) mass is 440 g/mol. The fourth-order valence-corrected chi connectivity index (χ4v) is 3.50. The van der Waals surface area contributed by atoms with Crippen LogP contribution in [-0.4, -0.2) is 31.8 Å². The van der Waals surface area contributed by atoms with Gasteiger partial charge in [-0.05, 0) is 55.1 Å². The molecule has 3 aromatic rings. The van der Waals surface area contributed by atoms with Crippen molar-refractivity contribution in [1.29, 1.82) is 0 Å². The molecule has 2 amide bonds. The fraction of sp³-hybridized carbons (Fsp3) is 0.304. The smallest absolute Gasteiger partial charge is 0.276 e. The van der Waals surface area contributed by atoms with Crippen LogP contribution < -0.4 is 5.32 Å². The highest BCUT2D eigenvalue weighted by atomic mass is 32.1. The van der Waals surface area contributed by atoms with E-state index in [4.69, 9.17) is 0 Å². The minimum atomic E-state index is -0.971. The number of amides is 2. The number of aromatic nitrogens is 2. The van der Waals surface area contributed by atoms with Crippen LogP contribution in [0.1, 0.15) is 54.8 Å². The first-order valence-corrected chi connectivity index (χ1v) is 10.8. The Balaban J connectivity index is 2.07. The third kappa shape index (κ3) is 5.73. The molecular formula is C23H25FN4O2S. The van der Waals surface area contributed by atoms with Crippen molar-refractivity contribution in [2.24, 2.45) is 0 Å². The summed E-state index contributed by atoms with van der Waals surface area (Å²) in [6.07, 6.45) is 0.706. The first kappa shape index (κ1) is 22.6. The largest absolute Gasteiger partial charge is 0.349 e. The van der Waals surface area contributed by atoms with Crippen molar-refractivity contribution >= 4 is 23.3 Å². The van der Waals surface area contributed by atoms with Crippen LogP contribution in [0.5, 0.6) is 0 Å². The van der Waals surface area contributed by atoms with Gasteiger partial charge in [0.05, 0.1) is 0 Å². The molecule has 1 heterocycles. The van der Waals surface area contributed by atoms with E-state index < -0.39 is 23.3 Å². The van der Waals surface area contributed by atoms with Gasteiger partial charge in [-0.1, -0.05) is 53.9 Å². The fourth-order valence-electron chi connectivity index (χ4n) is 3.07. The summed E-state index contributed by atoms with van der Waals surface area (Å²) in [7, 11) is 0. The van der Waals surface area contributed by atoms with Gasteiger partial charge in [-0.25, -0.2) is 4.39 Å². The van der Waals surface area contributed by atoms with Crippen molar-refractivity contribution in [1.82, 2.24) is 19.8 Å². The van der Waals surface area contributed by atoms with Crippen molar-refractivity contribution in [2.75, 3.05) is 0 Å². The minimum Gasteiger partial charge on any atom is -0.349 e. The van der Waals surface area contributed by atoms with Gasteiger partial charge in [-0.15, -0.1) is 5.10 Å². The van der Waals surface area contributed by atoms with Crippen LogP contribution in [0.4, 0.5) is 4.39 Å². The maximum Gasteiger partial charge on any atom is 0.276 e. The number of hydrogen-bond acceptors (Lipinski definition) is 5. The van der Waals surface area contributed by atoms with Gasteiger partial charge in [0.2, 0.25) is 5.91 Å². The SMILES string of the molecule is CCC(C)(C)NC(=O)[C@H](c1ccc(F)cc1)N(Cc1ccccc1)C(=O)c1csnn1. The number of benzene rings is 2. The predicted octanol–water partition coefficient (Wildman–Crippen LogP) is 4.37. The number of carbonyl (C=O) groups is 2. The van der Waals surface area contributed by atoms with Gasteiger partial charge >= 0.3 is 0 Å². The molecule has 3 rings (SSSR count). The number of hydrogen-bond donors (Lipinski definition) is 1. The van der Waals surface area contributed by atoms with Crippen molar-refractivity contribution in [2.45, 2.75) is 45.3 Å². The number of nitrogens with one attached hydrogen (secondary N) is 1. The molecule has 0 aliphatic carbocycles. The maximum atomic E-state index is 13.6. The second kappa shape index (κ2) is 9.78. The molecule has 0 aliphatic heterocycles. The van der Waals surface area contributed by atoms with Gasteiger partial charge in [-0.2, -0.15) is 0 Å². The summed E-state index contributed by atoms with van der Waals surface area (Å²) < 4.78 is 17.4. The highest BCUT2D eigenvalue weighted by Gasteiger charge is 2.35. The molecule has 0 saturated carbocycles. The van der Waals surface area contributed by atoms with Gasteiger partial charge in [-0.3, -0.25) is 9.59 Å². The Hall–Kier alpha value is -3.13. The van der Waals surface area contributed by atoms with E-state index in [1.165, 1.54) is 29.2 Å². The van der Waals surface area contributed by atoms with E-state index in [0.29, 0.717) is 12.0 Å². The van der Waals surface area contributed by atoms with Crippen LogP contribution in [0.2, 0.25) is 0 Å². The van der Waals surface area contributed by atoms with E-state index in [1.807, 2.05) is 51.1 Å². The van der Waals surface area contributed by atoms with E-state index in [2.05, 4.69) is 14.9 Å². The van der Waals surface area contributed by atoms with E-state index in [0.717, 1.165) is 17.1 Å². The molecule has 1 N–H and O–H groups in total. The first-order valence-electron chi connectivity index (χ1n) is 10.00. The molecule has 0 fully saturated rings. The predicted molar refractivity (Wildman–Crippen MR) is 118 cm³/mol. The van der Waals surface area contributed by atoms with Crippen molar-refractivity contribution < 1.29 is 14.0 Å². The lowest BCUT2D eigenvalue weighted by molar-refractivity contribution is -0.127. The summed E-state index contributed by atoms with van der Waals surface area (Å²) in [4.78, 5) is 28.3. The molecular weight excluding hydrogens is 415 g/mol. The molecule has 0 unspecified atom stereocenters. The van der Waals surface area contributed by atoms with Gasteiger partial charge in [0, 0.05) is 17.5 Å². The summed E-state index contributed by atoms with van der Waals surface area (Å²) in [5.74, 6) is -1.18. The standard InChI is InChI=1S/C23H25FN4O2S/c1-4-23(2,3)25-21(29)20(17-10-12-18(24)13-11-17)28(14-16-8-6-5-7-9-16)22(30)19-15-31-27-26-19/h5-13,15,20H,4,14H2,1-3H3,(H,25,29)/t20-/m0/s1. The molecule has 0 aliphatic rings. The third-order valence-corrected chi connectivity index (χ3v) is 5.63. The van der Waals surface area contributed by atoms with Gasteiger partial charge in [0.25, 0.3) is 5.91 Å². The molecule has 2 aromatic carbocycles. The van der Waals surface area contributed by atoms with Gasteiger partial charge < -0.3 is 10.2 Å². The number of carbonyl (C=O) groups excluding carboxylic acids is 2. The average molecular weight is 441 g/mol. The Morgan fingerprint density at radius 2 is 1.81 bits per heavy atom. The van der Waals surface area contributed by atoms with Crippen molar-refractivity contribution in [3.8, 4) is 0 Å². The summed E-state index contributed by atoms with van der Waals surface area (Å²) in [5, 5.41) is 8.48. The Morgan fingerprint density at radius 1 is 1.13 bits per heavy atom. The Kier molecular flexibility index (Phi) is 7.12. The van der Waals surface area contributed by atoms with Crippen LogP contribution in [0.3, 0.4) is 0 Å². The van der Waals surface area contributed by atoms with Crippen LogP contribution in [0.15, 0.2) is 60.0 Å². The van der Waals surface area contributed by atoms with Gasteiger partial charge in [0.15, 0.2) is 5.69 Å². The summed E-state index contributed by atoms with van der Waals surface area (Å²) >= 11 is 1.06. The highest BCUT2D eigenvalue weighted by molar-refractivity contribution is 7.03. The van der Waals surface area contributed by atoms with Crippen LogP contribution in [-0.2, 0) is 11.3 Å². The van der Waals surface area contributed by atoms with E-state index in [1.54, 1.807) is 5.38 Å². The molecule has 0 bridgehead atoms. The molecule has 8 heteroatoms. The molecule has 1 atom stereocenters. The van der Waals surface area contributed by atoms with Crippen LogP contribution in [0, 0.1) is 5.82 Å². The van der Waals surface area contributed by atoms with Crippen LogP contribution >= 0.6 is 11.5 Å².